The van der Waals surface area contributed by atoms with E-state index in [1.807, 2.05) is 24.1 Å². The van der Waals surface area contributed by atoms with Crippen molar-refractivity contribution in [3.63, 3.8) is 0 Å². The maximum atomic E-state index is 12.1. The zero-order valence-corrected chi connectivity index (χ0v) is 11.9. The Bertz CT molecular complexity index is 467. The van der Waals surface area contributed by atoms with Crippen molar-refractivity contribution in [2.75, 3.05) is 13.1 Å². The summed E-state index contributed by atoms with van der Waals surface area (Å²) >= 11 is 1.61. The van der Waals surface area contributed by atoms with Gasteiger partial charge >= 0.3 is 6.03 Å². The lowest BCUT2D eigenvalue weighted by Gasteiger charge is -2.27. The Morgan fingerprint density at radius 1 is 1.56 bits per heavy atom. The Balaban J connectivity index is 1.91. The molecule has 1 atom stereocenters. The third-order valence-corrected chi connectivity index (χ3v) is 3.94. The molecular weight excluding hydrogens is 246 g/mol. The second-order valence-electron chi connectivity index (χ2n) is 4.71. The van der Waals surface area contributed by atoms with Crippen molar-refractivity contribution in [1.29, 1.82) is 0 Å². The summed E-state index contributed by atoms with van der Waals surface area (Å²) in [5.74, 6) is 0. The average Bonchev–Trinajstić information content (AvgIpc) is 2.76. The van der Waals surface area contributed by atoms with E-state index >= 15 is 0 Å². The molecule has 98 valence electrons. The Hall–Kier alpha value is -1.36. The zero-order chi connectivity index (χ0) is 13.1. The van der Waals surface area contributed by atoms with Crippen molar-refractivity contribution in [2.45, 2.75) is 33.2 Å². The van der Waals surface area contributed by atoms with Crippen LogP contribution >= 0.6 is 11.3 Å². The SMILES string of the molecule is CC1=CCN(C(=O)NC(C)c2csc(C)n2)CC1. The van der Waals surface area contributed by atoms with Crippen molar-refractivity contribution in [3.05, 3.63) is 27.7 Å². The number of carbonyl (C=O) groups is 1. The van der Waals surface area contributed by atoms with E-state index in [0.29, 0.717) is 6.54 Å². The normalized spacial score (nSPS) is 17.3. The maximum absolute atomic E-state index is 12.1. The largest absolute Gasteiger partial charge is 0.330 e. The van der Waals surface area contributed by atoms with E-state index in [0.717, 1.165) is 23.7 Å². The molecule has 2 heterocycles. The van der Waals surface area contributed by atoms with E-state index in [1.165, 1.54) is 5.57 Å². The number of urea groups is 1. The van der Waals surface area contributed by atoms with Gasteiger partial charge in [-0.1, -0.05) is 11.6 Å². The number of aromatic nitrogens is 1. The highest BCUT2D eigenvalue weighted by atomic mass is 32.1. The predicted molar refractivity (Wildman–Crippen MR) is 73.7 cm³/mol. The lowest BCUT2D eigenvalue weighted by molar-refractivity contribution is 0.198. The molecule has 0 fully saturated rings. The molecule has 4 nitrogen and oxygen atoms in total. The van der Waals surface area contributed by atoms with Crippen LogP contribution in [0.2, 0.25) is 0 Å². The fourth-order valence-corrected chi connectivity index (χ4v) is 2.59. The number of carbonyl (C=O) groups excluding carboxylic acids is 1. The van der Waals surface area contributed by atoms with Crippen LogP contribution in [0.4, 0.5) is 4.79 Å². The van der Waals surface area contributed by atoms with E-state index in [9.17, 15) is 4.79 Å². The first kappa shape index (κ1) is 13.1. The van der Waals surface area contributed by atoms with Gasteiger partial charge in [-0.25, -0.2) is 9.78 Å². The zero-order valence-electron chi connectivity index (χ0n) is 11.1. The first-order valence-electron chi connectivity index (χ1n) is 6.19. The van der Waals surface area contributed by atoms with Crippen LogP contribution < -0.4 is 5.32 Å². The number of thiazole rings is 1. The van der Waals surface area contributed by atoms with Crippen molar-refractivity contribution in [2.24, 2.45) is 0 Å². The fourth-order valence-electron chi connectivity index (χ4n) is 1.88. The molecule has 1 aliphatic heterocycles. The molecule has 0 bridgehead atoms. The van der Waals surface area contributed by atoms with Gasteiger partial charge in [0.2, 0.25) is 0 Å². The van der Waals surface area contributed by atoms with Crippen LogP contribution in [0.1, 0.15) is 37.0 Å². The first-order chi connectivity index (χ1) is 8.56. The molecule has 2 rings (SSSR count). The topological polar surface area (TPSA) is 45.2 Å². The minimum Gasteiger partial charge on any atom is -0.330 e. The van der Waals surface area contributed by atoms with Gasteiger partial charge in [0.25, 0.3) is 0 Å². The molecule has 0 spiro atoms. The molecule has 5 heteroatoms. The second kappa shape index (κ2) is 5.52. The van der Waals surface area contributed by atoms with Gasteiger partial charge in [-0.2, -0.15) is 0 Å². The molecule has 18 heavy (non-hydrogen) atoms. The molecule has 2 amide bonds. The summed E-state index contributed by atoms with van der Waals surface area (Å²) < 4.78 is 0. The number of nitrogens with zero attached hydrogens (tertiary/aromatic N) is 2. The summed E-state index contributed by atoms with van der Waals surface area (Å²) in [7, 11) is 0. The number of aryl methyl sites for hydroxylation is 1. The predicted octanol–water partition coefficient (Wildman–Crippen LogP) is 2.87. The van der Waals surface area contributed by atoms with Crippen molar-refractivity contribution < 1.29 is 4.79 Å². The standard InChI is InChI=1S/C13H19N3OS/c1-9-4-6-16(7-5-9)13(17)14-10(2)12-8-18-11(3)15-12/h4,8,10H,5-7H2,1-3H3,(H,14,17). The van der Waals surface area contributed by atoms with Gasteiger partial charge in [0, 0.05) is 18.5 Å². The molecule has 1 aliphatic rings. The summed E-state index contributed by atoms with van der Waals surface area (Å²) in [6.45, 7) is 7.56. The summed E-state index contributed by atoms with van der Waals surface area (Å²) in [5.41, 5.74) is 2.30. The van der Waals surface area contributed by atoms with Gasteiger partial charge in [0.15, 0.2) is 0 Å². The number of nitrogens with one attached hydrogen (secondary N) is 1. The Morgan fingerprint density at radius 3 is 2.89 bits per heavy atom. The molecule has 1 aromatic heterocycles. The van der Waals surface area contributed by atoms with Crippen molar-refractivity contribution >= 4 is 17.4 Å². The molecule has 1 unspecified atom stereocenters. The Labute approximate surface area is 112 Å². The molecule has 0 saturated carbocycles. The molecular formula is C13H19N3OS. The molecule has 1 N–H and O–H groups in total. The van der Waals surface area contributed by atoms with Crippen LogP contribution in [0.25, 0.3) is 0 Å². The lowest BCUT2D eigenvalue weighted by atomic mass is 10.1. The third kappa shape index (κ3) is 3.10. The molecule has 0 aliphatic carbocycles. The fraction of sp³-hybridized carbons (Fsp3) is 0.538. The number of hydrogen-bond acceptors (Lipinski definition) is 3. The minimum absolute atomic E-state index is 0.00287. The highest BCUT2D eigenvalue weighted by Gasteiger charge is 2.18. The number of hydrogen-bond donors (Lipinski definition) is 1. The Morgan fingerprint density at radius 2 is 2.33 bits per heavy atom. The van der Waals surface area contributed by atoms with Gasteiger partial charge < -0.3 is 10.2 Å². The van der Waals surface area contributed by atoms with Crippen molar-refractivity contribution in [1.82, 2.24) is 15.2 Å². The number of rotatable bonds is 2. The van der Waals surface area contributed by atoms with Crippen LogP contribution in [0, 0.1) is 6.92 Å². The first-order valence-corrected chi connectivity index (χ1v) is 7.07. The van der Waals surface area contributed by atoms with Gasteiger partial charge in [-0.05, 0) is 27.2 Å². The summed E-state index contributed by atoms with van der Waals surface area (Å²) in [4.78, 5) is 18.3. The number of amides is 2. The summed E-state index contributed by atoms with van der Waals surface area (Å²) in [6, 6.07) is -0.0358. The van der Waals surface area contributed by atoms with Gasteiger partial charge in [0.1, 0.15) is 0 Å². The summed E-state index contributed by atoms with van der Waals surface area (Å²) in [6.07, 6.45) is 3.08. The van der Waals surface area contributed by atoms with Gasteiger partial charge in [-0.15, -0.1) is 11.3 Å². The highest BCUT2D eigenvalue weighted by molar-refractivity contribution is 7.09. The third-order valence-electron chi connectivity index (χ3n) is 3.14. The van der Waals surface area contributed by atoms with E-state index in [4.69, 9.17) is 0 Å². The Kier molecular flexibility index (Phi) is 4.01. The maximum Gasteiger partial charge on any atom is 0.318 e. The smallest absolute Gasteiger partial charge is 0.318 e. The van der Waals surface area contributed by atoms with Crippen LogP contribution in [-0.2, 0) is 0 Å². The average molecular weight is 265 g/mol. The van der Waals surface area contributed by atoms with Gasteiger partial charge in [0.05, 0.1) is 16.7 Å². The lowest BCUT2D eigenvalue weighted by Crippen LogP contribution is -2.43. The molecule has 0 radical (unpaired) electrons. The molecule has 0 aromatic carbocycles. The van der Waals surface area contributed by atoms with Crippen LogP contribution in [0.15, 0.2) is 17.0 Å². The molecule has 1 aromatic rings. The monoisotopic (exact) mass is 265 g/mol. The van der Waals surface area contributed by atoms with E-state index in [2.05, 4.69) is 23.3 Å². The van der Waals surface area contributed by atoms with Gasteiger partial charge in [-0.3, -0.25) is 0 Å². The molecule has 0 saturated heterocycles. The van der Waals surface area contributed by atoms with Crippen LogP contribution in [-0.4, -0.2) is 29.0 Å². The van der Waals surface area contributed by atoms with Crippen LogP contribution in [0.5, 0.6) is 0 Å². The summed E-state index contributed by atoms with van der Waals surface area (Å²) in [5, 5.41) is 6.03. The second-order valence-corrected chi connectivity index (χ2v) is 5.77. The van der Waals surface area contributed by atoms with E-state index in [-0.39, 0.29) is 12.1 Å². The van der Waals surface area contributed by atoms with Crippen LogP contribution in [0.3, 0.4) is 0 Å². The minimum atomic E-state index is -0.0329. The van der Waals surface area contributed by atoms with E-state index < -0.39 is 0 Å². The quantitative estimate of drug-likeness (QED) is 0.836. The van der Waals surface area contributed by atoms with E-state index in [1.54, 1.807) is 11.3 Å². The highest BCUT2D eigenvalue weighted by Crippen LogP contribution is 2.16. The van der Waals surface area contributed by atoms with Crippen molar-refractivity contribution in [3.8, 4) is 0 Å².